The van der Waals surface area contributed by atoms with Gasteiger partial charge in [0.2, 0.25) is 11.3 Å². The highest BCUT2D eigenvalue weighted by Crippen LogP contribution is 2.32. The molecule has 1 atom stereocenters. The summed E-state index contributed by atoms with van der Waals surface area (Å²) in [5, 5.41) is 5.22. The van der Waals surface area contributed by atoms with E-state index in [0.717, 1.165) is 46.1 Å². The number of nitrogens with one attached hydrogen (secondary N) is 1. The third-order valence-electron chi connectivity index (χ3n) is 4.56. The second-order valence-corrected chi connectivity index (χ2v) is 8.65. The van der Waals surface area contributed by atoms with Crippen LogP contribution in [0.4, 0.5) is 5.13 Å². The van der Waals surface area contributed by atoms with Crippen molar-refractivity contribution in [2.75, 3.05) is 18.4 Å². The maximum Gasteiger partial charge on any atom is 0.234 e. The van der Waals surface area contributed by atoms with Crippen LogP contribution in [0, 0.1) is 5.92 Å². The van der Waals surface area contributed by atoms with Crippen molar-refractivity contribution in [3.8, 4) is 0 Å². The summed E-state index contributed by atoms with van der Waals surface area (Å²) in [6.07, 6.45) is 4.28. The van der Waals surface area contributed by atoms with Gasteiger partial charge in [0.05, 0.1) is 10.2 Å². The van der Waals surface area contributed by atoms with Crippen molar-refractivity contribution in [1.29, 1.82) is 0 Å². The molecular formula is C16H22ClN3O2S2. The molecular weight excluding hydrogens is 366 g/mol. The van der Waals surface area contributed by atoms with Crippen molar-refractivity contribution < 1.29 is 8.76 Å². The molecule has 0 radical (unpaired) electrons. The van der Waals surface area contributed by atoms with Crippen LogP contribution in [-0.2, 0) is 11.3 Å². The zero-order valence-corrected chi connectivity index (χ0v) is 16.0. The van der Waals surface area contributed by atoms with Crippen LogP contribution in [-0.4, -0.2) is 37.2 Å². The molecule has 0 saturated heterocycles. The predicted octanol–water partition coefficient (Wildman–Crippen LogP) is 4.38. The number of anilines is 1. The van der Waals surface area contributed by atoms with Crippen molar-refractivity contribution in [3.63, 3.8) is 0 Å². The van der Waals surface area contributed by atoms with Gasteiger partial charge in [0.1, 0.15) is 0 Å². The molecule has 132 valence electrons. The number of halogens is 1. The van der Waals surface area contributed by atoms with Gasteiger partial charge in [-0.15, -0.1) is 0 Å². The molecule has 1 aromatic carbocycles. The molecule has 2 aromatic rings. The van der Waals surface area contributed by atoms with Crippen LogP contribution in [0.5, 0.6) is 0 Å². The van der Waals surface area contributed by atoms with Gasteiger partial charge in [-0.25, -0.2) is 13.5 Å². The zero-order valence-electron chi connectivity index (χ0n) is 13.6. The van der Waals surface area contributed by atoms with E-state index in [0.29, 0.717) is 25.0 Å². The second-order valence-electron chi connectivity index (χ2n) is 6.20. The Kier molecular flexibility index (Phi) is 6.10. The van der Waals surface area contributed by atoms with E-state index < -0.39 is 11.3 Å². The minimum atomic E-state index is -1.86. The van der Waals surface area contributed by atoms with Gasteiger partial charge in [0.15, 0.2) is 5.13 Å². The van der Waals surface area contributed by atoms with E-state index in [1.54, 1.807) is 15.6 Å². The molecule has 1 heterocycles. The van der Waals surface area contributed by atoms with Crippen molar-refractivity contribution >= 4 is 49.6 Å². The molecule has 1 aliphatic carbocycles. The SMILES string of the molecule is CCN(CC1CCC(Nc2nc3ccc(Cl)cc3s2)CC1)S(=O)O. The number of benzene rings is 1. The Balaban J connectivity index is 1.53. The molecule has 0 aliphatic heterocycles. The molecule has 8 heteroatoms. The molecule has 0 amide bonds. The predicted molar refractivity (Wildman–Crippen MR) is 102 cm³/mol. The van der Waals surface area contributed by atoms with Crippen LogP contribution >= 0.6 is 22.9 Å². The molecule has 3 rings (SSSR count). The zero-order chi connectivity index (χ0) is 17.1. The third-order valence-corrected chi connectivity index (χ3v) is 6.59. The average molecular weight is 388 g/mol. The molecule has 24 heavy (non-hydrogen) atoms. The Labute approximate surface area is 153 Å². The van der Waals surface area contributed by atoms with Gasteiger partial charge >= 0.3 is 0 Å². The molecule has 1 unspecified atom stereocenters. The third kappa shape index (κ3) is 4.46. The fourth-order valence-electron chi connectivity index (χ4n) is 3.22. The van der Waals surface area contributed by atoms with Gasteiger partial charge < -0.3 is 5.32 Å². The number of thiazole rings is 1. The van der Waals surface area contributed by atoms with Gasteiger partial charge in [0.25, 0.3) is 0 Å². The standard InChI is InChI=1S/C16H22ClN3O2S2/c1-2-20(24(21)22)10-11-3-6-13(7-4-11)18-16-19-14-8-5-12(17)9-15(14)23-16/h5,8-9,11,13H,2-4,6-7,10H2,1H3,(H,18,19)(H,21,22). The molecule has 5 nitrogen and oxygen atoms in total. The number of hydrogen-bond donors (Lipinski definition) is 2. The largest absolute Gasteiger partial charge is 0.359 e. The van der Waals surface area contributed by atoms with Crippen molar-refractivity contribution in [2.45, 2.75) is 38.6 Å². The summed E-state index contributed by atoms with van der Waals surface area (Å²) in [6.45, 7) is 3.22. The number of rotatable bonds is 6. The summed E-state index contributed by atoms with van der Waals surface area (Å²) < 4.78 is 23.2. The summed E-state index contributed by atoms with van der Waals surface area (Å²) in [5.41, 5.74) is 0.976. The van der Waals surface area contributed by atoms with Gasteiger partial charge in [-0.05, 0) is 49.8 Å². The Morgan fingerprint density at radius 2 is 2.17 bits per heavy atom. The normalized spacial score (nSPS) is 22.8. The van der Waals surface area contributed by atoms with Crippen molar-refractivity contribution in [2.24, 2.45) is 5.92 Å². The van der Waals surface area contributed by atoms with Crippen molar-refractivity contribution in [1.82, 2.24) is 9.29 Å². The number of hydrogen-bond acceptors (Lipinski definition) is 4. The van der Waals surface area contributed by atoms with E-state index in [9.17, 15) is 8.76 Å². The quantitative estimate of drug-likeness (QED) is 0.722. The smallest absolute Gasteiger partial charge is 0.234 e. The van der Waals surface area contributed by atoms with Crippen LogP contribution in [0.3, 0.4) is 0 Å². The lowest BCUT2D eigenvalue weighted by Crippen LogP contribution is -2.34. The van der Waals surface area contributed by atoms with E-state index in [2.05, 4.69) is 10.3 Å². The molecule has 2 N–H and O–H groups in total. The van der Waals surface area contributed by atoms with Crippen LogP contribution in [0.15, 0.2) is 18.2 Å². The summed E-state index contributed by atoms with van der Waals surface area (Å²) in [4.78, 5) is 4.62. The lowest BCUT2D eigenvalue weighted by Gasteiger charge is -2.31. The highest BCUT2D eigenvalue weighted by molar-refractivity contribution is 7.76. The Bertz CT molecular complexity index is 716. The van der Waals surface area contributed by atoms with E-state index in [1.165, 1.54) is 0 Å². The van der Waals surface area contributed by atoms with Gasteiger partial charge in [0, 0.05) is 24.2 Å². The van der Waals surface area contributed by atoms with Gasteiger partial charge in [-0.2, -0.15) is 0 Å². The lowest BCUT2D eigenvalue weighted by molar-refractivity contribution is 0.272. The summed E-state index contributed by atoms with van der Waals surface area (Å²) in [6, 6.07) is 6.19. The lowest BCUT2D eigenvalue weighted by atomic mass is 9.86. The van der Waals surface area contributed by atoms with Gasteiger partial charge in [-0.1, -0.05) is 29.9 Å². The maximum atomic E-state index is 11.2. The Morgan fingerprint density at radius 3 is 2.83 bits per heavy atom. The number of aromatic nitrogens is 1. The first kappa shape index (κ1) is 18.1. The molecule has 1 aliphatic rings. The minimum Gasteiger partial charge on any atom is -0.359 e. The van der Waals surface area contributed by atoms with Crippen LogP contribution in [0.2, 0.25) is 5.02 Å². The Hall–Kier alpha value is -0.730. The first-order valence-electron chi connectivity index (χ1n) is 8.23. The first-order valence-corrected chi connectivity index (χ1v) is 10.5. The summed E-state index contributed by atoms with van der Waals surface area (Å²) >= 11 is 5.80. The second kappa shape index (κ2) is 8.10. The Morgan fingerprint density at radius 1 is 1.42 bits per heavy atom. The highest BCUT2D eigenvalue weighted by atomic mass is 35.5. The topological polar surface area (TPSA) is 65.5 Å². The highest BCUT2D eigenvalue weighted by Gasteiger charge is 2.24. The van der Waals surface area contributed by atoms with Crippen LogP contribution in [0.25, 0.3) is 10.2 Å². The minimum absolute atomic E-state index is 0.423. The summed E-state index contributed by atoms with van der Waals surface area (Å²) in [5.74, 6) is 0.494. The fraction of sp³-hybridized carbons (Fsp3) is 0.562. The van der Waals surface area contributed by atoms with Crippen molar-refractivity contribution in [3.05, 3.63) is 23.2 Å². The monoisotopic (exact) mass is 387 g/mol. The number of nitrogens with zero attached hydrogens (tertiary/aromatic N) is 2. The fourth-order valence-corrected chi connectivity index (χ4v) is 4.99. The summed E-state index contributed by atoms with van der Waals surface area (Å²) in [7, 11) is 0. The molecule has 1 fully saturated rings. The van der Waals surface area contributed by atoms with Gasteiger partial charge in [-0.3, -0.25) is 4.55 Å². The van der Waals surface area contributed by atoms with E-state index in [4.69, 9.17) is 11.6 Å². The van der Waals surface area contributed by atoms with Crippen LogP contribution < -0.4 is 5.32 Å². The molecule has 0 spiro atoms. The maximum absolute atomic E-state index is 11.2. The molecule has 0 bridgehead atoms. The number of fused-ring (bicyclic) bond motifs is 1. The van der Waals surface area contributed by atoms with Crippen LogP contribution in [0.1, 0.15) is 32.6 Å². The van der Waals surface area contributed by atoms with E-state index in [-0.39, 0.29) is 0 Å². The van der Waals surface area contributed by atoms with E-state index >= 15 is 0 Å². The van der Waals surface area contributed by atoms with E-state index in [1.807, 2.05) is 25.1 Å². The molecule has 1 saturated carbocycles. The first-order chi connectivity index (χ1) is 11.5. The average Bonchev–Trinajstić information content (AvgIpc) is 2.95. The molecule has 1 aromatic heterocycles.